The van der Waals surface area contributed by atoms with Crippen molar-refractivity contribution in [3.8, 4) is 0 Å². The lowest BCUT2D eigenvalue weighted by Crippen LogP contribution is -2.00. The van der Waals surface area contributed by atoms with Gasteiger partial charge < -0.3 is 4.84 Å². The van der Waals surface area contributed by atoms with Gasteiger partial charge in [-0.05, 0) is 25.8 Å². The fourth-order valence-corrected chi connectivity index (χ4v) is 1.32. The van der Waals surface area contributed by atoms with Crippen LogP contribution in [-0.2, 0) is 11.4 Å². The highest BCUT2D eigenvalue weighted by Crippen LogP contribution is 2.22. The van der Waals surface area contributed by atoms with E-state index in [0.717, 1.165) is 17.7 Å². The van der Waals surface area contributed by atoms with Crippen LogP contribution in [-0.4, -0.2) is 10.6 Å². The molecule has 1 rings (SSSR count). The Morgan fingerprint density at radius 2 is 2.24 bits per heavy atom. The van der Waals surface area contributed by atoms with Crippen LogP contribution in [0.5, 0.6) is 0 Å². The molecule has 5 nitrogen and oxygen atoms in total. The van der Waals surface area contributed by atoms with Crippen molar-refractivity contribution >= 4 is 11.4 Å². The molecule has 0 bridgehead atoms. The molecule has 0 fully saturated rings. The van der Waals surface area contributed by atoms with E-state index >= 15 is 0 Å². The van der Waals surface area contributed by atoms with Crippen molar-refractivity contribution in [3.05, 3.63) is 39.4 Å². The molecule has 1 aromatic carbocycles. The molecule has 5 heteroatoms. The van der Waals surface area contributed by atoms with Crippen molar-refractivity contribution in [2.24, 2.45) is 5.16 Å². The Kier molecular flexibility index (Phi) is 4.63. The van der Waals surface area contributed by atoms with Gasteiger partial charge in [-0.3, -0.25) is 10.1 Å². The smallest absolute Gasteiger partial charge is 0.276 e. The number of nitro benzene ring substituents is 1. The maximum absolute atomic E-state index is 10.8. The maximum atomic E-state index is 10.8. The van der Waals surface area contributed by atoms with Gasteiger partial charge in [-0.1, -0.05) is 24.2 Å². The van der Waals surface area contributed by atoms with E-state index in [0.29, 0.717) is 5.56 Å². The van der Waals surface area contributed by atoms with Gasteiger partial charge in [-0.15, -0.1) is 0 Å². The van der Waals surface area contributed by atoms with Crippen LogP contribution < -0.4 is 0 Å². The summed E-state index contributed by atoms with van der Waals surface area (Å²) in [6.07, 6.45) is 0.801. The standard InChI is InChI=1S/C12H16N2O3/c1-4-10(3)13-17-8-11-9(2)6-5-7-12(11)14(15)16/h5-7H,4,8H2,1-3H3. The molecule has 0 heterocycles. The summed E-state index contributed by atoms with van der Waals surface area (Å²) in [5, 5.41) is 14.7. The fraction of sp³-hybridized carbons (Fsp3) is 0.417. The molecule has 0 radical (unpaired) electrons. The third-order valence-corrected chi connectivity index (χ3v) is 2.52. The van der Waals surface area contributed by atoms with E-state index in [1.807, 2.05) is 26.8 Å². The van der Waals surface area contributed by atoms with Gasteiger partial charge in [0.15, 0.2) is 0 Å². The average molecular weight is 236 g/mol. The SMILES string of the molecule is CCC(C)=NOCc1c(C)cccc1[N+](=O)[O-]. The first kappa shape index (κ1) is 13.2. The van der Waals surface area contributed by atoms with E-state index in [4.69, 9.17) is 4.84 Å². The first-order chi connectivity index (χ1) is 8.06. The van der Waals surface area contributed by atoms with Crippen molar-refractivity contribution in [2.75, 3.05) is 0 Å². The summed E-state index contributed by atoms with van der Waals surface area (Å²) >= 11 is 0. The van der Waals surface area contributed by atoms with Crippen LogP contribution >= 0.6 is 0 Å². The number of aryl methyl sites for hydroxylation is 1. The zero-order chi connectivity index (χ0) is 12.8. The Balaban J connectivity index is 2.86. The van der Waals surface area contributed by atoms with Crippen molar-refractivity contribution in [1.82, 2.24) is 0 Å². The molecule has 0 atom stereocenters. The molecule has 0 aromatic heterocycles. The molecule has 0 amide bonds. The summed E-state index contributed by atoms with van der Waals surface area (Å²) in [7, 11) is 0. The molecule has 17 heavy (non-hydrogen) atoms. The largest absolute Gasteiger partial charge is 0.391 e. The van der Waals surface area contributed by atoms with Gasteiger partial charge in [0, 0.05) is 6.07 Å². The van der Waals surface area contributed by atoms with Crippen LogP contribution in [0.1, 0.15) is 31.4 Å². The monoisotopic (exact) mass is 236 g/mol. The minimum Gasteiger partial charge on any atom is -0.391 e. The number of nitrogens with zero attached hydrogens (tertiary/aromatic N) is 2. The number of nitro groups is 1. The summed E-state index contributed by atoms with van der Waals surface area (Å²) in [6.45, 7) is 5.77. The normalized spacial score (nSPS) is 11.4. The second-order valence-electron chi connectivity index (χ2n) is 3.78. The molecule has 92 valence electrons. The van der Waals surface area contributed by atoms with E-state index < -0.39 is 4.92 Å². The zero-order valence-electron chi connectivity index (χ0n) is 10.3. The molecule has 0 aliphatic rings. The Labute approximate surface area is 100 Å². The number of hydrogen-bond acceptors (Lipinski definition) is 4. The number of hydrogen-bond donors (Lipinski definition) is 0. The molecule has 0 spiro atoms. The molecule has 1 aromatic rings. The highest BCUT2D eigenvalue weighted by Gasteiger charge is 2.15. The highest BCUT2D eigenvalue weighted by molar-refractivity contribution is 5.80. The second kappa shape index (κ2) is 5.98. The Hall–Kier alpha value is -1.91. The quantitative estimate of drug-likeness (QED) is 0.448. The molecule has 0 saturated carbocycles. The van der Waals surface area contributed by atoms with Crippen LogP contribution in [0.15, 0.2) is 23.4 Å². The zero-order valence-corrected chi connectivity index (χ0v) is 10.3. The van der Waals surface area contributed by atoms with Gasteiger partial charge in [0.1, 0.15) is 6.61 Å². The van der Waals surface area contributed by atoms with Gasteiger partial charge >= 0.3 is 0 Å². The second-order valence-corrected chi connectivity index (χ2v) is 3.78. The van der Waals surface area contributed by atoms with Gasteiger partial charge in [0.2, 0.25) is 0 Å². The highest BCUT2D eigenvalue weighted by atomic mass is 16.6. The van der Waals surface area contributed by atoms with E-state index in [2.05, 4.69) is 5.16 Å². The Morgan fingerprint density at radius 1 is 1.53 bits per heavy atom. The van der Waals surface area contributed by atoms with Crippen LogP contribution in [0, 0.1) is 17.0 Å². The third kappa shape index (κ3) is 3.55. The first-order valence-electron chi connectivity index (χ1n) is 5.44. The fourth-order valence-electron chi connectivity index (χ4n) is 1.32. The first-order valence-corrected chi connectivity index (χ1v) is 5.44. The predicted octanol–water partition coefficient (Wildman–Crippen LogP) is 3.21. The van der Waals surface area contributed by atoms with Crippen molar-refractivity contribution in [2.45, 2.75) is 33.8 Å². The minimum atomic E-state index is -0.401. The predicted molar refractivity (Wildman–Crippen MR) is 66.0 cm³/mol. The summed E-state index contributed by atoms with van der Waals surface area (Å²) in [4.78, 5) is 15.6. The molecular formula is C12H16N2O3. The van der Waals surface area contributed by atoms with Gasteiger partial charge in [0.05, 0.1) is 16.2 Å². The van der Waals surface area contributed by atoms with Crippen molar-refractivity contribution in [1.29, 1.82) is 0 Å². The minimum absolute atomic E-state index is 0.0781. The molecule has 0 N–H and O–H groups in total. The topological polar surface area (TPSA) is 64.7 Å². The number of rotatable bonds is 5. The van der Waals surface area contributed by atoms with Gasteiger partial charge in [0.25, 0.3) is 5.69 Å². The Bertz CT molecular complexity index is 441. The lowest BCUT2D eigenvalue weighted by molar-refractivity contribution is -0.386. The van der Waals surface area contributed by atoms with Crippen LogP contribution in [0.4, 0.5) is 5.69 Å². The van der Waals surface area contributed by atoms with Crippen LogP contribution in [0.2, 0.25) is 0 Å². The molecule has 0 aliphatic carbocycles. The summed E-state index contributed by atoms with van der Waals surface area (Å²) in [5.74, 6) is 0. The average Bonchev–Trinajstić information content (AvgIpc) is 2.30. The van der Waals surface area contributed by atoms with Crippen LogP contribution in [0.3, 0.4) is 0 Å². The van der Waals surface area contributed by atoms with Crippen molar-refractivity contribution < 1.29 is 9.76 Å². The molecular weight excluding hydrogens is 220 g/mol. The summed E-state index contributed by atoms with van der Waals surface area (Å²) < 4.78 is 0. The van der Waals surface area contributed by atoms with E-state index in [-0.39, 0.29) is 12.3 Å². The molecule has 0 saturated heterocycles. The summed E-state index contributed by atoms with van der Waals surface area (Å²) in [6, 6.07) is 4.96. The van der Waals surface area contributed by atoms with Crippen molar-refractivity contribution in [3.63, 3.8) is 0 Å². The Morgan fingerprint density at radius 3 is 2.82 bits per heavy atom. The van der Waals surface area contributed by atoms with Gasteiger partial charge in [-0.25, -0.2) is 0 Å². The van der Waals surface area contributed by atoms with E-state index in [1.54, 1.807) is 6.07 Å². The number of benzene rings is 1. The number of oxime groups is 1. The molecule has 0 aliphatic heterocycles. The van der Waals surface area contributed by atoms with E-state index in [9.17, 15) is 10.1 Å². The van der Waals surface area contributed by atoms with E-state index in [1.165, 1.54) is 6.07 Å². The lowest BCUT2D eigenvalue weighted by Gasteiger charge is -2.05. The lowest BCUT2D eigenvalue weighted by atomic mass is 10.1. The maximum Gasteiger partial charge on any atom is 0.276 e. The van der Waals surface area contributed by atoms with Gasteiger partial charge in [-0.2, -0.15) is 0 Å². The third-order valence-electron chi connectivity index (χ3n) is 2.52. The van der Waals surface area contributed by atoms with Crippen LogP contribution in [0.25, 0.3) is 0 Å². The molecule has 0 unspecified atom stereocenters. The summed E-state index contributed by atoms with van der Waals surface area (Å²) in [5.41, 5.74) is 2.35.